The van der Waals surface area contributed by atoms with E-state index in [1.54, 1.807) is 12.1 Å². The normalized spacial score (nSPS) is 10.4. The molecule has 0 saturated heterocycles. The molecule has 0 atom stereocenters. The number of nitrogens with one attached hydrogen (secondary N) is 1. The Morgan fingerprint density at radius 1 is 1.31 bits per heavy atom. The van der Waals surface area contributed by atoms with Gasteiger partial charge in [0.05, 0.1) is 17.7 Å². The smallest absolute Gasteiger partial charge is 0.379 e. The lowest BCUT2D eigenvalue weighted by atomic mass is 10.1. The van der Waals surface area contributed by atoms with E-state index in [0.717, 1.165) is 5.52 Å². The average molecular weight is 235 g/mol. The molecule has 0 aliphatic rings. The number of H-pyrrole nitrogens is 1. The molecule has 1 aromatic carbocycles. The van der Waals surface area contributed by atoms with Crippen molar-refractivity contribution in [2.75, 3.05) is 7.11 Å². The number of ketones is 1. The zero-order valence-corrected chi connectivity index (χ0v) is 9.38. The molecular formula is C11H9NO3S. The van der Waals surface area contributed by atoms with Crippen molar-refractivity contribution in [3.8, 4) is 0 Å². The number of esters is 1. The fourth-order valence-corrected chi connectivity index (χ4v) is 1.89. The highest BCUT2D eigenvalue weighted by atomic mass is 32.1. The third-order valence-electron chi connectivity index (χ3n) is 2.28. The lowest BCUT2D eigenvalue weighted by molar-refractivity contribution is -0.135. The van der Waals surface area contributed by atoms with Gasteiger partial charge in [0.25, 0.3) is 5.78 Å². The fourth-order valence-electron chi connectivity index (χ4n) is 1.55. The summed E-state index contributed by atoms with van der Waals surface area (Å²) in [5.41, 5.74) is 1.02. The van der Waals surface area contributed by atoms with Gasteiger partial charge in [-0.15, -0.1) is 12.6 Å². The first kappa shape index (κ1) is 10.8. The van der Waals surface area contributed by atoms with Crippen LogP contribution in [0.2, 0.25) is 0 Å². The van der Waals surface area contributed by atoms with Crippen LogP contribution in [-0.4, -0.2) is 23.8 Å². The molecular weight excluding hydrogens is 226 g/mol. The second-order valence-corrected chi connectivity index (χ2v) is 3.66. The number of fused-ring (bicyclic) bond motifs is 1. The number of carbonyl (C=O) groups excluding carboxylic acids is 2. The van der Waals surface area contributed by atoms with Crippen molar-refractivity contribution < 1.29 is 14.3 Å². The number of Topliss-reactive ketones (excluding diaryl/α,β-unsaturated/α-hetero) is 1. The molecule has 0 aliphatic carbocycles. The van der Waals surface area contributed by atoms with Gasteiger partial charge in [-0.05, 0) is 6.07 Å². The minimum absolute atomic E-state index is 0.255. The number of aromatic amines is 1. The Hall–Kier alpha value is -1.75. The van der Waals surface area contributed by atoms with E-state index in [-0.39, 0.29) is 5.56 Å². The molecule has 2 aromatic rings. The van der Waals surface area contributed by atoms with Crippen molar-refractivity contribution in [2.45, 2.75) is 5.03 Å². The molecule has 0 spiro atoms. The van der Waals surface area contributed by atoms with Gasteiger partial charge in [0.1, 0.15) is 0 Å². The summed E-state index contributed by atoms with van der Waals surface area (Å²) in [6, 6.07) is 7.18. The zero-order chi connectivity index (χ0) is 11.7. The maximum absolute atomic E-state index is 11.7. The van der Waals surface area contributed by atoms with Crippen molar-refractivity contribution in [2.24, 2.45) is 0 Å². The molecule has 0 unspecified atom stereocenters. The Kier molecular flexibility index (Phi) is 2.70. The topological polar surface area (TPSA) is 59.2 Å². The number of thiol groups is 1. The summed E-state index contributed by atoms with van der Waals surface area (Å²) >= 11 is 4.14. The number of hydrogen-bond acceptors (Lipinski definition) is 4. The van der Waals surface area contributed by atoms with Gasteiger partial charge in [-0.2, -0.15) is 0 Å². The van der Waals surface area contributed by atoms with Gasteiger partial charge in [0.2, 0.25) is 0 Å². The van der Waals surface area contributed by atoms with E-state index in [9.17, 15) is 9.59 Å². The molecule has 0 bridgehead atoms. The molecule has 0 saturated carbocycles. The Balaban J connectivity index is 2.64. The maximum atomic E-state index is 11.7. The SMILES string of the molecule is COC(=O)C(=O)c1c(S)[nH]c2ccccc12. The van der Waals surface area contributed by atoms with E-state index in [2.05, 4.69) is 22.3 Å². The van der Waals surface area contributed by atoms with E-state index in [1.165, 1.54) is 7.11 Å². The highest BCUT2D eigenvalue weighted by Crippen LogP contribution is 2.25. The predicted molar refractivity (Wildman–Crippen MR) is 61.9 cm³/mol. The van der Waals surface area contributed by atoms with Crippen molar-refractivity contribution >= 4 is 35.3 Å². The molecule has 0 radical (unpaired) electrons. The number of benzene rings is 1. The van der Waals surface area contributed by atoms with Crippen molar-refractivity contribution in [3.05, 3.63) is 29.8 Å². The summed E-state index contributed by atoms with van der Waals surface area (Å²) in [5, 5.41) is 1.04. The van der Waals surface area contributed by atoms with Crippen LogP contribution in [0.25, 0.3) is 10.9 Å². The highest BCUT2D eigenvalue weighted by Gasteiger charge is 2.23. The van der Waals surface area contributed by atoms with Crippen LogP contribution in [0.3, 0.4) is 0 Å². The van der Waals surface area contributed by atoms with Crippen LogP contribution in [0.4, 0.5) is 0 Å². The molecule has 4 nitrogen and oxygen atoms in total. The van der Waals surface area contributed by atoms with E-state index in [4.69, 9.17) is 0 Å². The summed E-state index contributed by atoms with van der Waals surface area (Å²) in [4.78, 5) is 25.8. The number of carbonyl (C=O) groups is 2. The summed E-state index contributed by atoms with van der Waals surface area (Å²) in [6.07, 6.45) is 0. The van der Waals surface area contributed by atoms with E-state index < -0.39 is 11.8 Å². The van der Waals surface area contributed by atoms with E-state index in [0.29, 0.717) is 10.4 Å². The molecule has 1 N–H and O–H groups in total. The Bertz CT molecular complexity index is 574. The molecule has 5 heteroatoms. The maximum Gasteiger partial charge on any atom is 0.379 e. The fraction of sp³-hybridized carbons (Fsp3) is 0.0909. The molecule has 1 heterocycles. The first-order chi connectivity index (χ1) is 7.65. The minimum Gasteiger partial charge on any atom is -0.463 e. The number of rotatable bonds is 2. The van der Waals surface area contributed by atoms with Crippen LogP contribution in [0.1, 0.15) is 10.4 Å². The van der Waals surface area contributed by atoms with Crippen LogP contribution in [0.15, 0.2) is 29.3 Å². The first-order valence-corrected chi connectivity index (χ1v) is 5.02. The third kappa shape index (κ3) is 1.59. The monoisotopic (exact) mass is 235 g/mol. The number of methoxy groups -OCH3 is 1. The molecule has 2 rings (SSSR count). The van der Waals surface area contributed by atoms with Crippen LogP contribution < -0.4 is 0 Å². The predicted octanol–water partition coefficient (Wildman–Crippen LogP) is 1.81. The largest absolute Gasteiger partial charge is 0.463 e. The van der Waals surface area contributed by atoms with E-state index in [1.807, 2.05) is 12.1 Å². The number of para-hydroxylation sites is 1. The van der Waals surface area contributed by atoms with Crippen LogP contribution in [-0.2, 0) is 9.53 Å². The summed E-state index contributed by atoms with van der Waals surface area (Å²) < 4.78 is 4.40. The van der Waals surface area contributed by atoms with Crippen LogP contribution in [0, 0.1) is 0 Å². The van der Waals surface area contributed by atoms with Crippen LogP contribution >= 0.6 is 12.6 Å². The Morgan fingerprint density at radius 3 is 2.69 bits per heavy atom. The van der Waals surface area contributed by atoms with Gasteiger partial charge in [-0.1, -0.05) is 18.2 Å². The molecule has 0 aliphatic heterocycles. The van der Waals surface area contributed by atoms with Gasteiger partial charge >= 0.3 is 5.97 Å². The number of hydrogen-bond donors (Lipinski definition) is 2. The van der Waals surface area contributed by atoms with Crippen molar-refractivity contribution in [1.29, 1.82) is 0 Å². The van der Waals surface area contributed by atoms with Gasteiger partial charge < -0.3 is 9.72 Å². The summed E-state index contributed by atoms with van der Waals surface area (Å²) in [5.74, 6) is -1.58. The van der Waals surface area contributed by atoms with Gasteiger partial charge in [0.15, 0.2) is 0 Å². The van der Waals surface area contributed by atoms with Crippen molar-refractivity contribution in [3.63, 3.8) is 0 Å². The Labute approximate surface area is 97.0 Å². The molecule has 16 heavy (non-hydrogen) atoms. The lowest BCUT2D eigenvalue weighted by Crippen LogP contribution is -2.15. The molecule has 1 aromatic heterocycles. The van der Waals surface area contributed by atoms with E-state index >= 15 is 0 Å². The first-order valence-electron chi connectivity index (χ1n) is 4.57. The molecule has 82 valence electrons. The summed E-state index contributed by atoms with van der Waals surface area (Å²) in [7, 11) is 1.17. The average Bonchev–Trinajstić information content (AvgIpc) is 2.63. The van der Waals surface area contributed by atoms with Crippen molar-refractivity contribution in [1.82, 2.24) is 4.98 Å². The highest BCUT2D eigenvalue weighted by molar-refractivity contribution is 7.80. The van der Waals surface area contributed by atoms with Gasteiger partial charge in [-0.3, -0.25) is 4.79 Å². The standard InChI is InChI=1S/C11H9NO3S/c1-15-11(14)9(13)8-6-4-2-3-5-7(6)12-10(8)16/h2-5,12,16H,1H3. The zero-order valence-electron chi connectivity index (χ0n) is 8.48. The second-order valence-electron chi connectivity index (χ2n) is 3.21. The number of aromatic nitrogens is 1. The van der Waals surface area contributed by atoms with Gasteiger partial charge in [-0.25, -0.2) is 4.79 Å². The minimum atomic E-state index is -0.889. The lowest BCUT2D eigenvalue weighted by Gasteiger charge is -1.98. The molecule has 0 fully saturated rings. The summed E-state index contributed by atoms with van der Waals surface area (Å²) in [6.45, 7) is 0. The number of ether oxygens (including phenoxy) is 1. The molecule has 0 amide bonds. The third-order valence-corrected chi connectivity index (χ3v) is 2.62. The second kappa shape index (κ2) is 4.02. The van der Waals surface area contributed by atoms with Gasteiger partial charge in [0, 0.05) is 10.9 Å². The van der Waals surface area contributed by atoms with Crippen LogP contribution in [0.5, 0.6) is 0 Å². The quantitative estimate of drug-likeness (QED) is 0.361. The Morgan fingerprint density at radius 2 is 2.00 bits per heavy atom.